The van der Waals surface area contributed by atoms with Gasteiger partial charge in [-0.15, -0.1) is 21.5 Å². The Morgan fingerprint density at radius 3 is 2.40 bits per heavy atom. The molecule has 0 radical (unpaired) electrons. The van der Waals surface area contributed by atoms with Crippen LogP contribution in [0.2, 0.25) is 0 Å². The van der Waals surface area contributed by atoms with Gasteiger partial charge in [-0.2, -0.15) is 9.41 Å². The molecule has 1 atom stereocenters. The van der Waals surface area contributed by atoms with Crippen LogP contribution in [0.1, 0.15) is 58.5 Å². The molecule has 0 fully saturated rings. The summed E-state index contributed by atoms with van der Waals surface area (Å²) in [6, 6.07) is 17.9. The van der Waals surface area contributed by atoms with Crippen molar-refractivity contribution >= 4 is 50.6 Å². The van der Waals surface area contributed by atoms with Crippen LogP contribution in [-0.2, 0) is 28.4 Å². The minimum Gasteiger partial charge on any atom is -0.345 e. The zero-order valence-corrected chi connectivity index (χ0v) is 28.0. The van der Waals surface area contributed by atoms with Gasteiger partial charge in [0.1, 0.15) is 0 Å². The zero-order valence-electron chi connectivity index (χ0n) is 25.5. The first-order valence-electron chi connectivity index (χ1n) is 14.5. The van der Waals surface area contributed by atoms with Gasteiger partial charge in [-0.1, -0.05) is 61.5 Å². The fourth-order valence-electron chi connectivity index (χ4n) is 4.95. The summed E-state index contributed by atoms with van der Waals surface area (Å²) in [6.07, 6.45) is 0.641. The Kier molecular flexibility index (Phi) is 10.2. The molecule has 14 heteroatoms. The van der Waals surface area contributed by atoms with Crippen molar-refractivity contribution in [1.82, 2.24) is 29.4 Å². The lowest BCUT2D eigenvalue weighted by atomic mass is 10.00. The lowest BCUT2D eigenvalue weighted by Crippen LogP contribution is -2.30. The van der Waals surface area contributed by atoms with Gasteiger partial charge < -0.3 is 9.88 Å². The summed E-state index contributed by atoms with van der Waals surface area (Å²) < 4.78 is 28.6. The number of hydrogen-bond acceptors (Lipinski definition) is 9. The molecule has 2 aromatic carbocycles. The lowest BCUT2D eigenvalue weighted by Gasteiger charge is -2.22. The first kappa shape index (κ1) is 32.5. The first-order chi connectivity index (χ1) is 21.6. The molecule has 3 heterocycles. The van der Waals surface area contributed by atoms with E-state index in [1.54, 1.807) is 41.8 Å². The number of aryl methyl sites for hydroxylation is 1. The number of sulfonamides is 1. The van der Waals surface area contributed by atoms with E-state index < -0.39 is 10.0 Å². The average molecular weight is 666 g/mol. The number of aromatic nitrogens is 3. The van der Waals surface area contributed by atoms with Crippen LogP contribution in [0.5, 0.6) is 0 Å². The molecule has 4 aromatic rings. The van der Waals surface area contributed by atoms with Crippen LogP contribution in [0.25, 0.3) is 0 Å². The number of thiophene rings is 1. The third-order valence-electron chi connectivity index (χ3n) is 7.55. The summed E-state index contributed by atoms with van der Waals surface area (Å²) in [5, 5.41) is 20.1. The number of hydrogen-bond donors (Lipinski definition) is 1. The molecule has 0 saturated heterocycles. The summed E-state index contributed by atoms with van der Waals surface area (Å²) in [7, 11) is -1.83. The summed E-state index contributed by atoms with van der Waals surface area (Å²) >= 11 is 2.87. The molecule has 0 spiro atoms. The highest BCUT2D eigenvalue weighted by Gasteiger charge is 2.33. The number of carbonyl (C=O) groups is 2. The molecule has 0 bridgehead atoms. The first-order valence-corrected chi connectivity index (χ1v) is 17.8. The second-order valence-electron chi connectivity index (χ2n) is 10.4. The van der Waals surface area contributed by atoms with E-state index in [0.29, 0.717) is 36.1 Å². The van der Waals surface area contributed by atoms with E-state index in [1.807, 2.05) is 48.7 Å². The number of benzene rings is 2. The number of carbonyl (C=O) groups excluding carboxylic acids is 2. The molecule has 236 valence electrons. The molecule has 2 aromatic heterocycles. The number of rotatable bonds is 12. The third kappa shape index (κ3) is 7.19. The maximum Gasteiger partial charge on any atom is 0.253 e. The molecule has 0 unspecified atom stereocenters. The van der Waals surface area contributed by atoms with E-state index in [4.69, 9.17) is 5.10 Å². The Labute approximate surface area is 271 Å². The fraction of sp³-hybridized carbons (Fsp3) is 0.323. The lowest BCUT2D eigenvalue weighted by molar-refractivity contribution is -0.130. The molecule has 2 amide bonds. The van der Waals surface area contributed by atoms with Crippen molar-refractivity contribution in [2.24, 2.45) is 12.1 Å². The Balaban J connectivity index is 1.20. The highest BCUT2D eigenvalue weighted by atomic mass is 32.2. The van der Waals surface area contributed by atoms with Crippen molar-refractivity contribution in [3.63, 3.8) is 0 Å². The molecule has 0 aliphatic carbocycles. The van der Waals surface area contributed by atoms with Gasteiger partial charge in [0.05, 0.1) is 33.8 Å². The summed E-state index contributed by atoms with van der Waals surface area (Å²) in [5.74, 6) is 0.118. The number of hydrazone groups is 1. The van der Waals surface area contributed by atoms with E-state index in [9.17, 15) is 18.0 Å². The average Bonchev–Trinajstić information content (AvgIpc) is 3.80. The van der Waals surface area contributed by atoms with E-state index in [2.05, 4.69) is 15.5 Å². The summed E-state index contributed by atoms with van der Waals surface area (Å²) in [5.41, 5.74) is 3.40. The van der Waals surface area contributed by atoms with E-state index >= 15 is 0 Å². The Morgan fingerprint density at radius 2 is 1.76 bits per heavy atom. The second-order valence-corrected chi connectivity index (χ2v) is 14.3. The topological polar surface area (TPSA) is 130 Å². The van der Waals surface area contributed by atoms with Crippen LogP contribution in [0, 0.1) is 6.92 Å². The van der Waals surface area contributed by atoms with E-state index in [0.717, 1.165) is 21.7 Å². The van der Waals surface area contributed by atoms with Gasteiger partial charge in [0.2, 0.25) is 10.0 Å². The Morgan fingerprint density at radius 1 is 1.04 bits per heavy atom. The van der Waals surface area contributed by atoms with Crippen molar-refractivity contribution in [2.45, 2.75) is 49.8 Å². The fourth-order valence-corrected chi connectivity index (χ4v) is 7.91. The summed E-state index contributed by atoms with van der Waals surface area (Å²) in [4.78, 5) is 27.5. The van der Waals surface area contributed by atoms with E-state index in [1.165, 1.54) is 40.3 Å². The quantitative estimate of drug-likeness (QED) is 0.219. The molecule has 5 rings (SSSR count). The highest BCUT2D eigenvalue weighted by Crippen LogP contribution is 2.34. The number of amides is 2. The molecule has 1 aliphatic rings. The molecule has 1 N–H and O–H groups in total. The third-order valence-corrected chi connectivity index (χ3v) is 11.5. The molecule has 11 nitrogen and oxygen atoms in total. The predicted molar refractivity (Wildman–Crippen MR) is 176 cm³/mol. The normalized spacial score (nSPS) is 15.0. The zero-order chi connectivity index (χ0) is 32.1. The molecular weight excluding hydrogens is 631 g/mol. The molecule has 1 aliphatic heterocycles. The maximum absolute atomic E-state index is 13.5. The molecular formula is C31H35N7O4S3. The van der Waals surface area contributed by atoms with Crippen LogP contribution in [0.4, 0.5) is 0 Å². The monoisotopic (exact) mass is 665 g/mol. The van der Waals surface area contributed by atoms with Crippen LogP contribution in [0.15, 0.2) is 81.2 Å². The van der Waals surface area contributed by atoms with Crippen molar-refractivity contribution in [1.29, 1.82) is 0 Å². The Bertz CT molecular complexity index is 1780. The van der Waals surface area contributed by atoms with Gasteiger partial charge in [-0.25, -0.2) is 13.4 Å². The minimum absolute atomic E-state index is 0.104. The van der Waals surface area contributed by atoms with Gasteiger partial charge in [-0.05, 0) is 48.2 Å². The van der Waals surface area contributed by atoms with Crippen LogP contribution >= 0.6 is 23.1 Å². The Hall–Kier alpha value is -3.85. The largest absolute Gasteiger partial charge is 0.345 e. The number of nitrogens with one attached hydrogen (secondary N) is 1. The maximum atomic E-state index is 13.5. The predicted octanol–water partition coefficient (Wildman–Crippen LogP) is 4.62. The standard InChI is InChI=1S/C31H35N7O4S3/c1-5-37(6-2)45(41,42)24-15-13-23(14-16-24)30(40)32-19-28-33-34-31(36(28)4)44-20-29(39)38-26(22-11-9-21(3)10-12-22)18-25(35-38)27-8-7-17-43-27/h7-17,26H,5-6,18-20H2,1-4H3,(H,32,40)/t26-/m0/s1. The smallest absolute Gasteiger partial charge is 0.253 e. The van der Waals surface area contributed by atoms with Gasteiger partial charge in [0.25, 0.3) is 11.8 Å². The SMILES string of the molecule is CCN(CC)S(=O)(=O)c1ccc(C(=O)NCc2nnc(SCC(=O)N3N=C(c4cccs4)C[C@H]3c3ccc(C)cc3)n2C)cc1. The van der Waals surface area contributed by atoms with Crippen LogP contribution < -0.4 is 5.32 Å². The molecule has 45 heavy (non-hydrogen) atoms. The van der Waals surface area contributed by atoms with E-state index in [-0.39, 0.29) is 35.0 Å². The minimum atomic E-state index is -3.61. The number of thioether (sulfide) groups is 1. The molecule has 0 saturated carbocycles. The van der Waals surface area contributed by atoms with Crippen LogP contribution in [0.3, 0.4) is 0 Å². The highest BCUT2D eigenvalue weighted by molar-refractivity contribution is 7.99. The summed E-state index contributed by atoms with van der Waals surface area (Å²) in [6.45, 7) is 6.43. The van der Waals surface area contributed by atoms with Crippen molar-refractivity contribution < 1.29 is 18.0 Å². The van der Waals surface area contributed by atoms with Crippen LogP contribution in [-0.4, -0.2) is 68.9 Å². The van der Waals surface area contributed by atoms with Crippen molar-refractivity contribution in [2.75, 3.05) is 18.8 Å². The van der Waals surface area contributed by atoms with Gasteiger partial charge in [0.15, 0.2) is 11.0 Å². The van der Waals surface area contributed by atoms with Gasteiger partial charge in [0, 0.05) is 32.1 Å². The van der Waals surface area contributed by atoms with Crippen molar-refractivity contribution in [3.8, 4) is 0 Å². The van der Waals surface area contributed by atoms with Crippen molar-refractivity contribution in [3.05, 3.63) is 93.4 Å². The number of nitrogens with zero attached hydrogens (tertiary/aromatic N) is 6. The van der Waals surface area contributed by atoms with Gasteiger partial charge >= 0.3 is 0 Å². The van der Waals surface area contributed by atoms with Gasteiger partial charge in [-0.3, -0.25) is 9.59 Å². The second kappa shape index (κ2) is 14.1.